The van der Waals surface area contributed by atoms with Gasteiger partial charge in [-0.1, -0.05) is 137 Å². The van der Waals surface area contributed by atoms with Gasteiger partial charge in [-0.2, -0.15) is 0 Å². The number of para-hydroxylation sites is 3. The third-order valence-corrected chi connectivity index (χ3v) is 15.1. The second kappa shape index (κ2) is 11.1. The molecule has 0 aliphatic carbocycles. The minimum Gasteiger partial charge on any atom is -0.457 e. The topological polar surface area (TPSA) is 14.2 Å². The number of benzene rings is 7. The van der Waals surface area contributed by atoms with Crippen molar-refractivity contribution >= 4 is 78.2 Å². The first-order valence-electron chi connectivity index (χ1n) is 15.6. The van der Waals surface area contributed by atoms with Crippen LogP contribution in [-0.4, -0.2) is 12.6 Å². The van der Waals surface area contributed by atoms with Gasteiger partial charge in [0.05, 0.1) is 11.0 Å². The van der Waals surface area contributed by atoms with Crippen molar-refractivity contribution in [2.24, 2.45) is 0 Å². The van der Waals surface area contributed by atoms with E-state index in [1.807, 2.05) is 12.1 Å². The highest BCUT2D eigenvalue weighted by Crippen LogP contribution is 2.35. The largest absolute Gasteiger partial charge is 0.457 e. The molecule has 0 bridgehead atoms. The zero-order chi connectivity index (χ0) is 31.5. The molecule has 0 spiro atoms. The maximum atomic E-state index is 6.61. The molecule has 5 heteroatoms. The van der Waals surface area contributed by atoms with Crippen molar-refractivity contribution in [2.75, 3.05) is 0 Å². The van der Waals surface area contributed by atoms with Gasteiger partial charge in [-0.05, 0) is 86.5 Å². The highest BCUT2D eigenvalue weighted by molar-refractivity contribution is 9.10. The van der Waals surface area contributed by atoms with Crippen molar-refractivity contribution in [1.82, 2.24) is 4.57 Å². The predicted molar refractivity (Wildman–Crippen MR) is 203 cm³/mol. The van der Waals surface area contributed by atoms with Crippen molar-refractivity contribution in [1.29, 1.82) is 0 Å². The lowest BCUT2D eigenvalue weighted by Crippen LogP contribution is -2.76. The number of fused-ring (bicyclic) bond motifs is 5. The molecule has 2 nitrogen and oxygen atoms in total. The fraction of sp³-hybridized carbons (Fsp3) is 0. The third-order valence-electron chi connectivity index (χ3n) is 9.46. The van der Waals surface area contributed by atoms with E-state index in [9.17, 15) is 0 Å². The maximum Gasteiger partial charge on any atom is 0.188 e. The predicted octanol–water partition coefficient (Wildman–Crippen LogP) is 9.35. The van der Waals surface area contributed by atoms with Crippen LogP contribution in [0, 0.1) is 0 Å². The fourth-order valence-electron chi connectivity index (χ4n) is 7.55. The quantitative estimate of drug-likeness (QED) is 0.167. The summed E-state index contributed by atoms with van der Waals surface area (Å²) in [5.74, 6) is 1.70. The fourth-order valence-corrected chi connectivity index (χ4v) is 13.1. The SMILES string of the molecule is Clc1ccc2c(c1)Oc1ccccc1[Si]2(c1ccc(Br)cc1)c1ccccc1-c1cccc(-n2c3ccccc3c3ccccc32)c1. The summed E-state index contributed by atoms with van der Waals surface area (Å²) in [7, 11) is -2.93. The number of aromatic nitrogens is 1. The number of ether oxygens (including phenoxy) is 1. The summed E-state index contributed by atoms with van der Waals surface area (Å²) in [6.45, 7) is 0. The molecule has 224 valence electrons. The molecule has 1 aliphatic rings. The van der Waals surface area contributed by atoms with Gasteiger partial charge in [-0.3, -0.25) is 0 Å². The van der Waals surface area contributed by atoms with Crippen LogP contribution in [0.1, 0.15) is 0 Å². The number of hydrogen-bond acceptors (Lipinski definition) is 1. The standard InChI is InChI=1S/C42H27BrClNOSi/c43-29-20-23-32(24-21-29)47(41-19-8-6-17-38(41)46-39-27-30(44)22-25-42(39)47)40-18-7-3-12-33(40)28-10-9-11-31(26-28)45-36-15-4-1-13-34(36)35-14-2-5-16-37(35)45/h1-27H. The van der Waals surface area contributed by atoms with Crippen molar-refractivity contribution in [2.45, 2.75) is 0 Å². The Morgan fingerprint density at radius 2 is 1.17 bits per heavy atom. The lowest BCUT2D eigenvalue weighted by Gasteiger charge is -2.40. The van der Waals surface area contributed by atoms with E-state index in [1.165, 1.54) is 53.7 Å². The van der Waals surface area contributed by atoms with E-state index in [4.69, 9.17) is 16.3 Å². The zero-order valence-electron chi connectivity index (χ0n) is 25.2. The summed E-state index contributed by atoms with van der Waals surface area (Å²) < 4.78 is 10.1. The van der Waals surface area contributed by atoms with Crippen LogP contribution in [0.3, 0.4) is 0 Å². The molecule has 8 aromatic rings. The monoisotopic (exact) mass is 703 g/mol. The molecule has 1 atom stereocenters. The molecule has 47 heavy (non-hydrogen) atoms. The van der Waals surface area contributed by atoms with E-state index >= 15 is 0 Å². The molecule has 0 N–H and O–H groups in total. The lowest BCUT2D eigenvalue weighted by molar-refractivity contribution is 0.487. The summed E-state index contributed by atoms with van der Waals surface area (Å²) in [5, 5.41) is 8.17. The van der Waals surface area contributed by atoms with Gasteiger partial charge in [0.1, 0.15) is 11.5 Å². The molecule has 0 radical (unpaired) electrons. The first-order valence-corrected chi connectivity index (χ1v) is 18.8. The first kappa shape index (κ1) is 28.4. The van der Waals surface area contributed by atoms with Gasteiger partial charge in [0.15, 0.2) is 8.07 Å². The summed E-state index contributed by atoms with van der Waals surface area (Å²) in [5.41, 5.74) is 5.91. The second-order valence-electron chi connectivity index (χ2n) is 12.0. The van der Waals surface area contributed by atoms with Crippen LogP contribution in [0.5, 0.6) is 11.5 Å². The molecule has 0 saturated carbocycles. The van der Waals surface area contributed by atoms with E-state index in [0.29, 0.717) is 5.02 Å². The molecule has 1 aromatic heterocycles. The Morgan fingerprint density at radius 1 is 0.532 bits per heavy atom. The normalized spacial score (nSPS) is 15.3. The van der Waals surface area contributed by atoms with Crippen molar-refractivity contribution in [3.63, 3.8) is 0 Å². The minimum absolute atomic E-state index is 0.661. The molecule has 1 unspecified atom stereocenters. The average molecular weight is 705 g/mol. The first-order chi connectivity index (χ1) is 23.1. The summed E-state index contributed by atoms with van der Waals surface area (Å²) >= 11 is 10.3. The molecule has 0 amide bonds. The van der Waals surface area contributed by atoms with Gasteiger partial charge in [0, 0.05) is 26.0 Å². The highest BCUT2D eigenvalue weighted by Gasteiger charge is 2.49. The van der Waals surface area contributed by atoms with Crippen LogP contribution in [0.4, 0.5) is 0 Å². The summed E-state index contributed by atoms with van der Waals surface area (Å²) in [6.07, 6.45) is 0. The molecular weight excluding hydrogens is 678 g/mol. The number of nitrogens with zero attached hydrogens (tertiary/aromatic N) is 1. The van der Waals surface area contributed by atoms with Gasteiger partial charge in [-0.25, -0.2) is 0 Å². The number of hydrogen-bond donors (Lipinski definition) is 0. The second-order valence-corrected chi connectivity index (χ2v) is 17.0. The Labute approximate surface area is 287 Å². The smallest absolute Gasteiger partial charge is 0.188 e. The average Bonchev–Trinajstić information content (AvgIpc) is 3.45. The van der Waals surface area contributed by atoms with Crippen molar-refractivity contribution in [3.8, 4) is 28.3 Å². The zero-order valence-corrected chi connectivity index (χ0v) is 28.5. The molecule has 1 aliphatic heterocycles. The van der Waals surface area contributed by atoms with Crippen LogP contribution in [0.2, 0.25) is 5.02 Å². The molecule has 0 saturated heterocycles. The number of halogens is 2. The van der Waals surface area contributed by atoms with Crippen LogP contribution < -0.4 is 25.5 Å². The Morgan fingerprint density at radius 3 is 1.94 bits per heavy atom. The van der Waals surface area contributed by atoms with Gasteiger partial charge >= 0.3 is 0 Å². The van der Waals surface area contributed by atoms with Gasteiger partial charge in [0.25, 0.3) is 0 Å². The maximum absolute atomic E-state index is 6.61. The minimum atomic E-state index is -2.93. The van der Waals surface area contributed by atoms with Crippen LogP contribution >= 0.6 is 27.5 Å². The van der Waals surface area contributed by atoms with Crippen LogP contribution in [0.15, 0.2) is 168 Å². The van der Waals surface area contributed by atoms with Crippen molar-refractivity contribution in [3.05, 3.63) is 173 Å². The van der Waals surface area contributed by atoms with E-state index in [0.717, 1.165) is 21.7 Å². The summed E-state index contributed by atoms with van der Waals surface area (Å²) in [6, 6.07) is 58.8. The van der Waals surface area contributed by atoms with E-state index in [2.05, 4.69) is 172 Å². The molecular formula is C42H27BrClNOSi. The van der Waals surface area contributed by atoms with Crippen molar-refractivity contribution < 1.29 is 4.74 Å². The lowest BCUT2D eigenvalue weighted by atomic mass is 10.0. The van der Waals surface area contributed by atoms with Gasteiger partial charge in [-0.15, -0.1) is 0 Å². The van der Waals surface area contributed by atoms with Crippen LogP contribution in [0.25, 0.3) is 38.6 Å². The summed E-state index contributed by atoms with van der Waals surface area (Å²) in [4.78, 5) is 0. The van der Waals surface area contributed by atoms with E-state index in [1.54, 1.807) is 0 Å². The Hall–Kier alpha value is -4.87. The van der Waals surface area contributed by atoms with E-state index in [-0.39, 0.29) is 0 Å². The van der Waals surface area contributed by atoms with Crippen LogP contribution in [-0.2, 0) is 0 Å². The van der Waals surface area contributed by atoms with E-state index < -0.39 is 8.07 Å². The molecule has 2 heterocycles. The van der Waals surface area contributed by atoms with Gasteiger partial charge in [0.2, 0.25) is 0 Å². The molecule has 0 fully saturated rings. The molecule has 9 rings (SSSR count). The Bertz CT molecular complexity index is 2430. The Kier molecular flexibility index (Phi) is 6.72. The molecule has 7 aromatic carbocycles. The third kappa shape index (κ3) is 4.36. The highest BCUT2D eigenvalue weighted by atomic mass is 79.9. The number of rotatable bonds is 4. The van der Waals surface area contributed by atoms with Gasteiger partial charge < -0.3 is 9.30 Å². The Balaban J connectivity index is 1.35.